The first-order valence-electron chi connectivity index (χ1n) is 9.85. The van der Waals surface area contributed by atoms with Crippen LogP contribution in [0.5, 0.6) is 0 Å². The summed E-state index contributed by atoms with van der Waals surface area (Å²) in [5.74, 6) is -3.10. The van der Waals surface area contributed by atoms with Crippen LogP contribution in [0.25, 0.3) is 21.9 Å². The molecular formula is C26H19NO3. The number of hydrogen-bond acceptors (Lipinski definition) is 2. The number of fused-ring (bicyclic) bond motifs is 4. The lowest BCUT2D eigenvalue weighted by molar-refractivity contribution is -0.141. The Balaban J connectivity index is 1.63. The fourth-order valence-corrected chi connectivity index (χ4v) is 4.50. The molecule has 4 aromatic rings. The van der Waals surface area contributed by atoms with Crippen LogP contribution in [0.2, 0.25) is 0 Å². The third-order valence-corrected chi connectivity index (χ3v) is 5.81. The third-order valence-electron chi connectivity index (χ3n) is 5.81. The summed E-state index contributed by atoms with van der Waals surface area (Å²) < 4.78 is 0. The van der Waals surface area contributed by atoms with Crippen LogP contribution in [0.1, 0.15) is 23.0 Å². The first kappa shape index (κ1) is 18.1. The number of hydrogen-bond donors (Lipinski definition) is 2. The minimum absolute atomic E-state index is 0.319. The molecule has 0 spiro atoms. The number of carbonyl (C=O) groups is 2. The average Bonchev–Trinajstić information content (AvgIpc) is 2.78. The first-order chi connectivity index (χ1) is 14.6. The molecule has 1 aliphatic rings. The van der Waals surface area contributed by atoms with Gasteiger partial charge in [-0.1, -0.05) is 84.9 Å². The van der Waals surface area contributed by atoms with E-state index in [0.717, 1.165) is 27.5 Å². The van der Waals surface area contributed by atoms with Gasteiger partial charge in [0, 0.05) is 11.1 Å². The summed E-state index contributed by atoms with van der Waals surface area (Å²) in [5.41, 5.74) is 3.86. The maximum atomic E-state index is 13.5. The minimum Gasteiger partial charge on any atom is -0.481 e. The summed E-state index contributed by atoms with van der Waals surface area (Å²) in [6, 6.07) is 28.5. The van der Waals surface area contributed by atoms with Gasteiger partial charge in [0.1, 0.15) is 0 Å². The Hall–Kier alpha value is -3.92. The third kappa shape index (κ3) is 2.85. The molecule has 0 unspecified atom stereocenters. The molecule has 2 atom stereocenters. The Morgan fingerprint density at radius 1 is 0.667 bits per heavy atom. The van der Waals surface area contributed by atoms with E-state index in [9.17, 15) is 14.7 Å². The molecule has 30 heavy (non-hydrogen) atoms. The monoisotopic (exact) mass is 393 g/mol. The molecule has 0 saturated heterocycles. The van der Waals surface area contributed by atoms with Crippen LogP contribution in [-0.2, 0) is 9.59 Å². The molecule has 0 saturated carbocycles. The molecule has 0 aliphatic heterocycles. The molecule has 4 aromatic carbocycles. The van der Waals surface area contributed by atoms with Gasteiger partial charge in [-0.3, -0.25) is 9.59 Å². The summed E-state index contributed by atoms with van der Waals surface area (Å²) in [5, 5.41) is 15.0. The van der Waals surface area contributed by atoms with Crippen LogP contribution in [-0.4, -0.2) is 17.0 Å². The van der Waals surface area contributed by atoms with E-state index in [-0.39, 0.29) is 5.91 Å². The molecular weight excluding hydrogens is 374 g/mol. The molecule has 1 aliphatic carbocycles. The molecule has 1 amide bonds. The second-order valence-corrected chi connectivity index (χ2v) is 7.48. The fraction of sp³-hybridized carbons (Fsp3) is 0.0769. The second-order valence-electron chi connectivity index (χ2n) is 7.48. The number of benzene rings is 4. The molecule has 0 radical (unpaired) electrons. The molecule has 0 bridgehead atoms. The minimum atomic E-state index is -1.00. The van der Waals surface area contributed by atoms with Crippen LogP contribution in [0, 0.1) is 0 Å². The predicted octanol–water partition coefficient (Wildman–Crippen LogP) is 5.41. The van der Waals surface area contributed by atoms with Crippen molar-refractivity contribution in [2.75, 3.05) is 5.32 Å². The van der Waals surface area contributed by atoms with E-state index in [0.29, 0.717) is 11.3 Å². The zero-order valence-electron chi connectivity index (χ0n) is 16.1. The Labute approximate surface area is 173 Å². The Bertz CT molecular complexity index is 1290. The summed E-state index contributed by atoms with van der Waals surface area (Å²) >= 11 is 0. The number of carboxylic acid groups (broad SMARTS) is 1. The normalized spacial score (nSPS) is 17.1. The van der Waals surface area contributed by atoms with Crippen molar-refractivity contribution in [1.82, 2.24) is 0 Å². The number of carboxylic acids is 1. The number of rotatable bonds is 3. The van der Waals surface area contributed by atoms with Crippen molar-refractivity contribution in [3.8, 4) is 11.1 Å². The lowest BCUT2D eigenvalue weighted by atomic mass is 9.71. The number of aliphatic carboxylic acids is 1. The van der Waals surface area contributed by atoms with Crippen molar-refractivity contribution in [3.63, 3.8) is 0 Å². The maximum Gasteiger partial charge on any atom is 0.312 e. The second kappa shape index (κ2) is 7.16. The quantitative estimate of drug-likeness (QED) is 0.489. The number of carbonyl (C=O) groups excluding carboxylic acids is 1. The van der Waals surface area contributed by atoms with Gasteiger partial charge in [0.15, 0.2) is 0 Å². The van der Waals surface area contributed by atoms with Gasteiger partial charge in [0.2, 0.25) is 5.91 Å². The van der Waals surface area contributed by atoms with Gasteiger partial charge in [-0.2, -0.15) is 0 Å². The SMILES string of the molecule is O=C(Nc1cccc2ccccc12)[C@@H]1c2ccccc2-c2ccccc2[C@@H]1C(=O)O. The summed E-state index contributed by atoms with van der Waals surface area (Å²) in [6.45, 7) is 0. The molecule has 2 N–H and O–H groups in total. The average molecular weight is 393 g/mol. The highest BCUT2D eigenvalue weighted by Gasteiger charge is 2.42. The van der Waals surface area contributed by atoms with Crippen LogP contribution in [0.4, 0.5) is 5.69 Å². The first-order valence-corrected chi connectivity index (χ1v) is 9.85. The van der Waals surface area contributed by atoms with Crippen molar-refractivity contribution in [2.24, 2.45) is 0 Å². The van der Waals surface area contributed by atoms with E-state index in [1.165, 1.54) is 0 Å². The molecule has 4 heteroatoms. The summed E-state index contributed by atoms with van der Waals surface area (Å²) in [7, 11) is 0. The van der Waals surface area contributed by atoms with Crippen LogP contribution < -0.4 is 5.32 Å². The largest absolute Gasteiger partial charge is 0.481 e. The zero-order valence-corrected chi connectivity index (χ0v) is 16.1. The van der Waals surface area contributed by atoms with Gasteiger partial charge < -0.3 is 10.4 Å². The Morgan fingerprint density at radius 2 is 1.23 bits per heavy atom. The maximum absolute atomic E-state index is 13.5. The molecule has 0 fully saturated rings. The van der Waals surface area contributed by atoms with Crippen LogP contribution in [0.15, 0.2) is 91.0 Å². The van der Waals surface area contributed by atoms with E-state index >= 15 is 0 Å². The van der Waals surface area contributed by atoms with E-state index < -0.39 is 17.8 Å². The lowest BCUT2D eigenvalue weighted by Crippen LogP contribution is -2.33. The molecule has 0 heterocycles. The smallest absolute Gasteiger partial charge is 0.312 e. The fourth-order valence-electron chi connectivity index (χ4n) is 4.50. The highest BCUT2D eigenvalue weighted by atomic mass is 16.4. The van der Waals surface area contributed by atoms with E-state index in [1.807, 2.05) is 91.0 Å². The van der Waals surface area contributed by atoms with Crippen molar-refractivity contribution < 1.29 is 14.7 Å². The van der Waals surface area contributed by atoms with E-state index in [1.54, 1.807) is 0 Å². The highest BCUT2D eigenvalue weighted by Crippen LogP contribution is 2.47. The van der Waals surface area contributed by atoms with Crippen LogP contribution in [0.3, 0.4) is 0 Å². The molecule has 0 aromatic heterocycles. The molecule has 5 rings (SSSR count). The van der Waals surface area contributed by atoms with Gasteiger partial charge in [-0.15, -0.1) is 0 Å². The van der Waals surface area contributed by atoms with E-state index in [2.05, 4.69) is 5.32 Å². The van der Waals surface area contributed by atoms with Gasteiger partial charge in [-0.25, -0.2) is 0 Å². The van der Waals surface area contributed by atoms with Crippen molar-refractivity contribution >= 4 is 28.3 Å². The topological polar surface area (TPSA) is 66.4 Å². The van der Waals surface area contributed by atoms with Gasteiger partial charge in [0.25, 0.3) is 0 Å². The standard InChI is InChI=1S/C26H19NO3/c28-25(27-22-15-7-9-16-8-1-2-10-17(16)22)23-20-13-5-3-11-18(20)19-12-4-6-14-21(19)24(23)26(29)30/h1-15,23-24H,(H,27,28)(H,29,30)/t23-,24+/m1/s1. The Kier molecular flexibility index (Phi) is 4.32. The summed E-state index contributed by atoms with van der Waals surface area (Å²) in [4.78, 5) is 25.9. The number of anilines is 1. The Morgan fingerprint density at radius 3 is 1.93 bits per heavy atom. The lowest BCUT2D eigenvalue weighted by Gasteiger charge is -2.32. The zero-order chi connectivity index (χ0) is 20.7. The van der Waals surface area contributed by atoms with E-state index in [4.69, 9.17) is 0 Å². The van der Waals surface area contributed by atoms with Crippen molar-refractivity contribution in [2.45, 2.75) is 11.8 Å². The summed E-state index contributed by atoms with van der Waals surface area (Å²) in [6.07, 6.45) is 0. The van der Waals surface area contributed by atoms with Gasteiger partial charge in [-0.05, 0) is 33.7 Å². The molecule has 146 valence electrons. The number of amides is 1. The van der Waals surface area contributed by atoms with Gasteiger partial charge in [0.05, 0.1) is 11.8 Å². The van der Waals surface area contributed by atoms with Crippen molar-refractivity contribution in [3.05, 3.63) is 102 Å². The van der Waals surface area contributed by atoms with Gasteiger partial charge >= 0.3 is 5.97 Å². The van der Waals surface area contributed by atoms with Crippen LogP contribution >= 0.6 is 0 Å². The highest BCUT2D eigenvalue weighted by molar-refractivity contribution is 6.07. The number of nitrogens with one attached hydrogen (secondary N) is 1. The molecule has 4 nitrogen and oxygen atoms in total. The predicted molar refractivity (Wildman–Crippen MR) is 118 cm³/mol. The van der Waals surface area contributed by atoms with Crippen molar-refractivity contribution in [1.29, 1.82) is 0 Å².